The molecule has 0 saturated heterocycles. The van der Waals surface area contributed by atoms with Crippen LogP contribution < -0.4 is 10.1 Å². The van der Waals surface area contributed by atoms with Gasteiger partial charge in [0.05, 0.1) is 18.4 Å². The Morgan fingerprint density at radius 2 is 1.85 bits per heavy atom. The van der Waals surface area contributed by atoms with Crippen molar-refractivity contribution in [1.29, 1.82) is 0 Å². The fraction of sp³-hybridized carbons (Fsp3) is 0.227. The van der Waals surface area contributed by atoms with Crippen molar-refractivity contribution in [2.24, 2.45) is 0 Å². The van der Waals surface area contributed by atoms with Crippen LogP contribution in [0, 0.1) is 0 Å². The van der Waals surface area contributed by atoms with Gasteiger partial charge in [0.25, 0.3) is 0 Å². The highest BCUT2D eigenvalue weighted by molar-refractivity contribution is 5.98. The molecular weight excluding hydrogens is 338 g/mol. The monoisotopic (exact) mass is 359 g/mol. The zero-order valence-electron chi connectivity index (χ0n) is 15.2. The lowest BCUT2D eigenvalue weighted by Crippen LogP contribution is -2.21. The lowest BCUT2D eigenvalue weighted by atomic mass is 9.82. The summed E-state index contributed by atoms with van der Waals surface area (Å²) in [6.07, 6.45) is 2.92. The summed E-state index contributed by atoms with van der Waals surface area (Å²) in [4.78, 5) is 21.4. The maximum Gasteiger partial charge on any atom is 0.223 e. The lowest BCUT2D eigenvalue weighted by Gasteiger charge is -2.23. The number of anilines is 1. The highest BCUT2D eigenvalue weighted by Crippen LogP contribution is 2.31. The number of hydrogen-bond donors (Lipinski definition) is 1. The van der Waals surface area contributed by atoms with Gasteiger partial charge in [-0.25, -0.2) is 9.97 Å². The fourth-order valence-corrected chi connectivity index (χ4v) is 3.42. The molecule has 136 valence electrons. The minimum atomic E-state index is 0.117. The van der Waals surface area contributed by atoms with E-state index in [-0.39, 0.29) is 11.7 Å². The third kappa shape index (κ3) is 3.82. The molecule has 1 aliphatic rings. The maximum absolute atomic E-state index is 12.5. The van der Waals surface area contributed by atoms with Gasteiger partial charge < -0.3 is 10.1 Å². The summed E-state index contributed by atoms with van der Waals surface area (Å²) in [5.74, 6) is 1.67. The van der Waals surface area contributed by atoms with Gasteiger partial charge in [0.15, 0.2) is 5.78 Å². The van der Waals surface area contributed by atoms with Crippen molar-refractivity contribution in [3.05, 3.63) is 83.2 Å². The summed E-state index contributed by atoms with van der Waals surface area (Å²) in [6, 6.07) is 18.0. The van der Waals surface area contributed by atoms with Crippen molar-refractivity contribution in [3.63, 3.8) is 0 Å². The number of benzene rings is 2. The van der Waals surface area contributed by atoms with Crippen LogP contribution in [0.3, 0.4) is 0 Å². The molecule has 3 aromatic rings. The van der Waals surface area contributed by atoms with Crippen LogP contribution in [0.1, 0.15) is 39.5 Å². The molecule has 27 heavy (non-hydrogen) atoms. The quantitative estimate of drug-likeness (QED) is 0.746. The second-order valence-corrected chi connectivity index (χ2v) is 6.69. The molecule has 4 rings (SSSR count). The minimum absolute atomic E-state index is 0.117. The average Bonchev–Trinajstić information content (AvgIpc) is 2.73. The van der Waals surface area contributed by atoms with Gasteiger partial charge in [-0.3, -0.25) is 4.79 Å². The van der Waals surface area contributed by atoms with E-state index in [1.807, 2.05) is 42.5 Å². The largest absolute Gasteiger partial charge is 0.497 e. The number of nitrogens with one attached hydrogen (secondary N) is 1. The number of nitrogens with zero attached hydrogens (tertiary/aromatic N) is 2. The molecule has 0 aliphatic heterocycles. The molecule has 5 nitrogen and oxygen atoms in total. The van der Waals surface area contributed by atoms with E-state index >= 15 is 0 Å². The van der Waals surface area contributed by atoms with Gasteiger partial charge in [-0.05, 0) is 35.6 Å². The van der Waals surface area contributed by atoms with Gasteiger partial charge in [-0.15, -0.1) is 0 Å². The molecule has 1 aromatic heterocycles. The van der Waals surface area contributed by atoms with Crippen molar-refractivity contribution >= 4 is 11.7 Å². The summed E-state index contributed by atoms with van der Waals surface area (Å²) in [5.41, 5.74) is 3.77. The SMILES string of the molecule is COc1ccc(CNc2ncc3c(n2)CC(c2ccccc2)CC3=O)cc1. The van der Waals surface area contributed by atoms with Crippen LogP contribution in [0.15, 0.2) is 60.8 Å². The summed E-state index contributed by atoms with van der Waals surface area (Å²) in [6.45, 7) is 0.610. The minimum Gasteiger partial charge on any atom is -0.497 e. The van der Waals surface area contributed by atoms with Crippen LogP contribution in [-0.4, -0.2) is 22.9 Å². The molecule has 1 N–H and O–H groups in total. The van der Waals surface area contributed by atoms with E-state index in [2.05, 4.69) is 27.4 Å². The molecule has 1 unspecified atom stereocenters. The number of carbonyl (C=O) groups is 1. The number of rotatable bonds is 5. The maximum atomic E-state index is 12.5. The second-order valence-electron chi connectivity index (χ2n) is 6.69. The number of methoxy groups -OCH3 is 1. The highest BCUT2D eigenvalue weighted by atomic mass is 16.5. The summed E-state index contributed by atoms with van der Waals surface area (Å²) < 4.78 is 5.17. The Hall–Kier alpha value is -3.21. The highest BCUT2D eigenvalue weighted by Gasteiger charge is 2.27. The Morgan fingerprint density at radius 1 is 1.07 bits per heavy atom. The number of fused-ring (bicyclic) bond motifs is 1. The number of carbonyl (C=O) groups excluding carboxylic acids is 1. The van der Waals surface area contributed by atoms with Gasteiger partial charge >= 0.3 is 0 Å². The van der Waals surface area contributed by atoms with Gasteiger partial charge in [0.1, 0.15) is 5.75 Å². The molecule has 0 amide bonds. The van der Waals surface area contributed by atoms with Crippen LogP contribution in [-0.2, 0) is 13.0 Å². The molecular formula is C22H21N3O2. The number of hydrogen-bond acceptors (Lipinski definition) is 5. The summed E-state index contributed by atoms with van der Waals surface area (Å²) in [5, 5.41) is 3.24. The Kier molecular flexibility index (Phi) is 4.83. The van der Waals surface area contributed by atoms with E-state index < -0.39 is 0 Å². The van der Waals surface area contributed by atoms with Crippen LogP contribution in [0.2, 0.25) is 0 Å². The van der Waals surface area contributed by atoms with Crippen LogP contribution in [0.4, 0.5) is 5.95 Å². The van der Waals surface area contributed by atoms with E-state index in [1.165, 1.54) is 5.56 Å². The van der Waals surface area contributed by atoms with Crippen molar-refractivity contribution in [3.8, 4) is 5.75 Å². The first-order chi connectivity index (χ1) is 13.2. The Balaban J connectivity index is 1.49. The van der Waals surface area contributed by atoms with E-state index in [0.717, 1.165) is 23.4 Å². The van der Waals surface area contributed by atoms with E-state index in [1.54, 1.807) is 13.3 Å². The van der Waals surface area contributed by atoms with Crippen molar-refractivity contribution < 1.29 is 9.53 Å². The summed E-state index contributed by atoms with van der Waals surface area (Å²) in [7, 11) is 1.65. The average molecular weight is 359 g/mol. The summed E-state index contributed by atoms with van der Waals surface area (Å²) >= 11 is 0. The molecule has 0 radical (unpaired) electrons. The predicted octanol–water partition coefficient (Wildman–Crippen LogP) is 4.01. The molecule has 5 heteroatoms. The Morgan fingerprint density at radius 3 is 2.59 bits per heavy atom. The second kappa shape index (κ2) is 7.58. The first-order valence-electron chi connectivity index (χ1n) is 9.04. The van der Waals surface area contributed by atoms with Crippen LogP contribution in [0.5, 0.6) is 5.75 Å². The van der Waals surface area contributed by atoms with Gasteiger partial charge in [0.2, 0.25) is 5.95 Å². The van der Waals surface area contributed by atoms with Crippen molar-refractivity contribution in [2.45, 2.75) is 25.3 Å². The van der Waals surface area contributed by atoms with Crippen LogP contribution in [0.25, 0.3) is 0 Å². The first kappa shape index (κ1) is 17.2. The molecule has 1 heterocycles. The van der Waals surface area contributed by atoms with E-state index in [0.29, 0.717) is 24.5 Å². The molecule has 0 bridgehead atoms. The number of ether oxygens (including phenoxy) is 1. The zero-order valence-corrected chi connectivity index (χ0v) is 15.2. The third-order valence-electron chi connectivity index (χ3n) is 4.92. The molecule has 2 aromatic carbocycles. The van der Waals surface area contributed by atoms with E-state index in [9.17, 15) is 4.79 Å². The molecule has 0 spiro atoms. The third-order valence-corrected chi connectivity index (χ3v) is 4.92. The normalized spacial score (nSPS) is 15.9. The molecule has 0 saturated carbocycles. The topological polar surface area (TPSA) is 64.1 Å². The predicted molar refractivity (Wildman–Crippen MR) is 104 cm³/mol. The molecule has 1 aliphatic carbocycles. The van der Waals surface area contributed by atoms with E-state index in [4.69, 9.17) is 4.74 Å². The number of aromatic nitrogens is 2. The van der Waals surface area contributed by atoms with Crippen molar-refractivity contribution in [2.75, 3.05) is 12.4 Å². The van der Waals surface area contributed by atoms with Crippen molar-refractivity contribution in [1.82, 2.24) is 9.97 Å². The van der Waals surface area contributed by atoms with Gasteiger partial charge in [-0.1, -0.05) is 42.5 Å². The smallest absolute Gasteiger partial charge is 0.223 e. The fourth-order valence-electron chi connectivity index (χ4n) is 3.42. The molecule has 0 fully saturated rings. The standard InChI is InChI=1S/C22H21N3O2/c1-27-18-9-7-15(8-10-18)13-23-22-24-14-19-20(25-22)11-17(12-21(19)26)16-5-3-2-4-6-16/h2-10,14,17H,11-13H2,1H3,(H,23,24,25). The lowest BCUT2D eigenvalue weighted by molar-refractivity contribution is 0.0962. The number of Topliss-reactive ketones (excluding diaryl/α,β-unsaturated/α-hetero) is 1. The Bertz CT molecular complexity index is 940. The zero-order chi connectivity index (χ0) is 18.6. The van der Waals surface area contributed by atoms with Gasteiger partial charge in [0, 0.05) is 19.2 Å². The van der Waals surface area contributed by atoms with Crippen LogP contribution >= 0.6 is 0 Å². The first-order valence-corrected chi connectivity index (χ1v) is 9.04. The number of ketones is 1. The molecule has 1 atom stereocenters. The van der Waals surface area contributed by atoms with Gasteiger partial charge in [-0.2, -0.15) is 0 Å². The Labute approximate surface area is 158 Å².